The zero-order valence-electron chi connectivity index (χ0n) is 8.63. The summed E-state index contributed by atoms with van der Waals surface area (Å²) in [6, 6.07) is 0. The Morgan fingerprint density at radius 1 is 1.29 bits per heavy atom. The van der Waals surface area contributed by atoms with Gasteiger partial charge in [-0.05, 0) is 38.2 Å². The first-order chi connectivity index (χ1) is 6.63. The highest BCUT2D eigenvalue weighted by Gasteiger charge is 2.17. The van der Waals surface area contributed by atoms with Crippen LogP contribution in [0.1, 0.15) is 29.8 Å². The quantitative estimate of drug-likeness (QED) is 0.664. The molecule has 0 radical (unpaired) electrons. The Hall–Kier alpha value is -0.830. The highest BCUT2D eigenvalue weighted by molar-refractivity contribution is 7.71. The molecule has 1 heterocycles. The Morgan fingerprint density at radius 3 is 2.64 bits per heavy atom. The zero-order chi connectivity index (χ0) is 10.3. The molecular formula is C11H15NOS. The average molecular weight is 209 g/mol. The molecular weight excluding hydrogens is 194 g/mol. The maximum atomic E-state index is 9.82. The smallest absolute Gasteiger partial charge is 0.153 e. The summed E-state index contributed by atoms with van der Waals surface area (Å²) < 4.78 is 2.76. The third-order valence-electron chi connectivity index (χ3n) is 3.18. The van der Waals surface area contributed by atoms with Crippen LogP contribution in [0.4, 0.5) is 0 Å². The topological polar surface area (TPSA) is 25.2 Å². The lowest BCUT2D eigenvalue weighted by atomic mass is 9.95. The van der Waals surface area contributed by atoms with Gasteiger partial charge in [0.05, 0.1) is 10.2 Å². The van der Waals surface area contributed by atoms with E-state index in [9.17, 15) is 5.11 Å². The fourth-order valence-corrected chi connectivity index (χ4v) is 2.54. The number of hydrogen-bond acceptors (Lipinski definition) is 2. The second kappa shape index (κ2) is 3.39. The first-order valence-corrected chi connectivity index (χ1v) is 5.44. The summed E-state index contributed by atoms with van der Waals surface area (Å²) in [4.78, 5) is 0. The van der Waals surface area contributed by atoms with E-state index in [0.29, 0.717) is 10.3 Å². The van der Waals surface area contributed by atoms with Crippen molar-refractivity contribution in [3.05, 3.63) is 21.5 Å². The van der Waals surface area contributed by atoms with E-state index in [1.807, 2.05) is 14.0 Å². The molecule has 0 saturated carbocycles. The first kappa shape index (κ1) is 9.71. The molecule has 0 saturated heterocycles. The first-order valence-electron chi connectivity index (χ1n) is 5.03. The monoisotopic (exact) mass is 209 g/mol. The van der Waals surface area contributed by atoms with Gasteiger partial charge in [-0.2, -0.15) is 0 Å². The Balaban J connectivity index is 2.78. The van der Waals surface area contributed by atoms with E-state index in [1.54, 1.807) is 0 Å². The van der Waals surface area contributed by atoms with E-state index in [-0.39, 0.29) is 0 Å². The SMILES string of the molecule is Cc1c(O)c(=S)c2c(n1C)CCCC2. The summed E-state index contributed by atoms with van der Waals surface area (Å²) >= 11 is 5.26. The normalized spacial score (nSPS) is 15.3. The summed E-state index contributed by atoms with van der Waals surface area (Å²) in [5.74, 6) is 0.295. The van der Waals surface area contributed by atoms with Crippen LogP contribution >= 0.6 is 12.2 Å². The van der Waals surface area contributed by atoms with Crippen molar-refractivity contribution in [2.45, 2.75) is 32.6 Å². The summed E-state index contributed by atoms with van der Waals surface area (Å²) in [5, 5.41) is 9.82. The fraction of sp³-hybridized carbons (Fsp3) is 0.545. The molecule has 2 nitrogen and oxygen atoms in total. The number of aromatic hydroxyl groups is 1. The van der Waals surface area contributed by atoms with Gasteiger partial charge in [0.1, 0.15) is 0 Å². The minimum atomic E-state index is 0.295. The van der Waals surface area contributed by atoms with Crippen LogP contribution in [-0.4, -0.2) is 9.67 Å². The number of hydrogen-bond donors (Lipinski definition) is 1. The van der Waals surface area contributed by atoms with Crippen LogP contribution in [0, 0.1) is 11.4 Å². The van der Waals surface area contributed by atoms with Crippen LogP contribution < -0.4 is 0 Å². The van der Waals surface area contributed by atoms with Crippen LogP contribution in [0.25, 0.3) is 0 Å². The predicted octanol–water partition coefficient (Wildman–Crippen LogP) is 2.65. The second-order valence-corrected chi connectivity index (χ2v) is 4.36. The minimum Gasteiger partial charge on any atom is -0.505 e. The molecule has 14 heavy (non-hydrogen) atoms. The maximum Gasteiger partial charge on any atom is 0.153 e. The Bertz CT molecular complexity index is 434. The number of pyridine rings is 1. The van der Waals surface area contributed by atoms with Crippen LogP contribution in [0.15, 0.2) is 0 Å². The van der Waals surface area contributed by atoms with Crippen molar-refractivity contribution < 1.29 is 5.11 Å². The largest absolute Gasteiger partial charge is 0.505 e. The van der Waals surface area contributed by atoms with Crippen molar-refractivity contribution in [2.75, 3.05) is 0 Å². The highest BCUT2D eigenvalue weighted by atomic mass is 32.1. The standard InChI is InChI=1S/C11H15NOS/c1-7-10(13)11(14)8-5-3-4-6-9(8)12(7)2/h13H,3-6H2,1-2H3. The van der Waals surface area contributed by atoms with Gasteiger partial charge in [0.25, 0.3) is 0 Å². The van der Waals surface area contributed by atoms with Gasteiger partial charge in [0.2, 0.25) is 0 Å². The average Bonchev–Trinajstić information content (AvgIpc) is 2.23. The molecule has 1 N–H and O–H groups in total. The zero-order valence-corrected chi connectivity index (χ0v) is 9.45. The molecule has 1 aliphatic rings. The van der Waals surface area contributed by atoms with Crippen molar-refractivity contribution in [2.24, 2.45) is 7.05 Å². The molecule has 0 fully saturated rings. The van der Waals surface area contributed by atoms with E-state index in [4.69, 9.17) is 12.2 Å². The van der Waals surface area contributed by atoms with Crippen LogP contribution in [0.3, 0.4) is 0 Å². The molecule has 76 valence electrons. The molecule has 2 rings (SSSR count). The summed E-state index contributed by atoms with van der Waals surface area (Å²) in [6.45, 7) is 1.92. The van der Waals surface area contributed by atoms with E-state index in [1.165, 1.54) is 24.1 Å². The number of aromatic nitrogens is 1. The lowest BCUT2D eigenvalue weighted by Crippen LogP contribution is -2.14. The van der Waals surface area contributed by atoms with E-state index in [0.717, 1.165) is 18.5 Å². The fourth-order valence-electron chi connectivity index (χ4n) is 2.17. The van der Waals surface area contributed by atoms with Gasteiger partial charge < -0.3 is 9.67 Å². The summed E-state index contributed by atoms with van der Waals surface area (Å²) in [6.07, 6.45) is 4.55. The van der Waals surface area contributed by atoms with Crippen molar-refractivity contribution in [3.8, 4) is 5.75 Å². The van der Waals surface area contributed by atoms with Gasteiger partial charge >= 0.3 is 0 Å². The molecule has 0 spiro atoms. The Kier molecular flexibility index (Phi) is 2.35. The van der Waals surface area contributed by atoms with E-state index in [2.05, 4.69) is 4.57 Å². The maximum absolute atomic E-state index is 9.82. The molecule has 0 bridgehead atoms. The van der Waals surface area contributed by atoms with Gasteiger partial charge in [-0.25, -0.2) is 0 Å². The van der Waals surface area contributed by atoms with E-state index < -0.39 is 0 Å². The third kappa shape index (κ3) is 1.27. The van der Waals surface area contributed by atoms with Crippen molar-refractivity contribution in [3.63, 3.8) is 0 Å². The van der Waals surface area contributed by atoms with Crippen molar-refractivity contribution in [1.82, 2.24) is 4.57 Å². The molecule has 0 aliphatic heterocycles. The lowest BCUT2D eigenvalue weighted by molar-refractivity contribution is 0.454. The highest BCUT2D eigenvalue weighted by Crippen LogP contribution is 2.29. The van der Waals surface area contributed by atoms with Gasteiger partial charge in [0, 0.05) is 12.7 Å². The molecule has 0 unspecified atom stereocenters. The van der Waals surface area contributed by atoms with Crippen LogP contribution in [0.2, 0.25) is 0 Å². The summed E-state index contributed by atoms with van der Waals surface area (Å²) in [5.41, 5.74) is 3.39. The molecule has 1 aromatic rings. The molecule has 3 heteroatoms. The minimum absolute atomic E-state index is 0.295. The van der Waals surface area contributed by atoms with Gasteiger partial charge in [-0.3, -0.25) is 0 Å². The summed E-state index contributed by atoms with van der Waals surface area (Å²) in [7, 11) is 2.01. The molecule has 0 amide bonds. The lowest BCUT2D eigenvalue weighted by Gasteiger charge is -2.22. The van der Waals surface area contributed by atoms with Crippen molar-refractivity contribution in [1.29, 1.82) is 0 Å². The van der Waals surface area contributed by atoms with Gasteiger partial charge in [-0.15, -0.1) is 0 Å². The predicted molar refractivity (Wildman–Crippen MR) is 59.3 cm³/mol. The molecule has 1 aliphatic carbocycles. The van der Waals surface area contributed by atoms with Gasteiger partial charge in [-0.1, -0.05) is 12.2 Å². The molecule has 0 atom stereocenters. The molecule has 0 aromatic carbocycles. The Morgan fingerprint density at radius 2 is 1.93 bits per heavy atom. The molecule has 1 aromatic heterocycles. The van der Waals surface area contributed by atoms with Crippen molar-refractivity contribution >= 4 is 12.2 Å². The van der Waals surface area contributed by atoms with Crippen LogP contribution in [0.5, 0.6) is 5.75 Å². The van der Waals surface area contributed by atoms with E-state index >= 15 is 0 Å². The van der Waals surface area contributed by atoms with Gasteiger partial charge in [0.15, 0.2) is 5.75 Å². The second-order valence-electron chi connectivity index (χ2n) is 3.95. The third-order valence-corrected chi connectivity index (χ3v) is 3.62. The Labute approximate surface area is 89.2 Å². The number of rotatable bonds is 0. The number of nitrogens with zero attached hydrogens (tertiary/aromatic N) is 1. The van der Waals surface area contributed by atoms with Crippen LogP contribution in [-0.2, 0) is 19.9 Å². The number of fused-ring (bicyclic) bond motifs is 1.